The summed E-state index contributed by atoms with van der Waals surface area (Å²) in [6, 6.07) is 11.8. The number of methoxy groups -OCH3 is 1. The van der Waals surface area contributed by atoms with E-state index in [9.17, 15) is 8.78 Å². The second-order valence-corrected chi connectivity index (χ2v) is 7.81. The summed E-state index contributed by atoms with van der Waals surface area (Å²) in [6.07, 6.45) is 3.20. The van der Waals surface area contributed by atoms with Crippen molar-refractivity contribution in [3.8, 4) is 17.0 Å². The van der Waals surface area contributed by atoms with E-state index >= 15 is 0 Å². The second kappa shape index (κ2) is 9.07. The molecule has 6 nitrogen and oxygen atoms in total. The fraction of sp³-hybridized carbons (Fsp3) is 0.240. The summed E-state index contributed by atoms with van der Waals surface area (Å²) in [7, 11) is 1.55. The molecule has 4 aromatic rings. The van der Waals surface area contributed by atoms with E-state index in [2.05, 4.69) is 19.9 Å². The third-order valence-electron chi connectivity index (χ3n) is 5.79. The molecule has 2 aromatic carbocycles. The van der Waals surface area contributed by atoms with E-state index in [1.165, 1.54) is 12.4 Å². The van der Waals surface area contributed by atoms with E-state index in [-0.39, 0.29) is 12.0 Å². The molecule has 5 rings (SSSR count). The first-order valence-corrected chi connectivity index (χ1v) is 10.7. The molecule has 0 radical (unpaired) electrons. The van der Waals surface area contributed by atoms with Crippen LogP contribution in [0.2, 0.25) is 0 Å². The van der Waals surface area contributed by atoms with Crippen molar-refractivity contribution in [2.45, 2.75) is 6.42 Å². The standard InChI is InChI=1S/C25H22F2N4O2/c1-32-19-4-2-17(28-14-19)10-16-11-21(23(27)13-22(16)26)25-20-5-3-18(12-24(20)29-15-30-25)31-6-8-33-9-7-31/h2-5,11-15H,6-10H2,1H3. The largest absolute Gasteiger partial charge is 0.495 e. The lowest BCUT2D eigenvalue weighted by Crippen LogP contribution is -2.36. The van der Waals surface area contributed by atoms with Crippen molar-refractivity contribution in [1.82, 2.24) is 15.0 Å². The summed E-state index contributed by atoms with van der Waals surface area (Å²) < 4.78 is 40.0. The molecule has 3 heterocycles. The van der Waals surface area contributed by atoms with Crippen LogP contribution in [0.25, 0.3) is 22.2 Å². The fourth-order valence-corrected chi connectivity index (χ4v) is 4.02. The number of hydrogen-bond donors (Lipinski definition) is 0. The van der Waals surface area contributed by atoms with Gasteiger partial charge >= 0.3 is 0 Å². The number of morpholine rings is 1. The highest BCUT2D eigenvalue weighted by molar-refractivity contribution is 5.94. The topological polar surface area (TPSA) is 60.4 Å². The molecule has 0 saturated carbocycles. The van der Waals surface area contributed by atoms with Crippen LogP contribution in [0.5, 0.6) is 5.75 Å². The van der Waals surface area contributed by atoms with Crippen molar-refractivity contribution in [2.24, 2.45) is 0 Å². The molecular weight excluding hydrogens is 426 g/mol. The van der Waals surface area contributed by atoms with Crippen LogP contribution in [0.1, 0.15) is 11.3 Å². The summed E-state index contributed by atoms with van der Waals surface area (Å²) in [6.45, 7) is 2.97. The van der Waals surface area contributed by atoms with E-state index in [1.54, 1.807) is 25.4 Å². The predicted octanol–water partition coefficient (Wildman–Crippen LogP) is 4.41. The van der Waals surface area contributed by atoms with Gasteiger partial charge in [0.25, 0.3) is 0 Å². The number of nitrogens with zero attached hydrogens (tertiary/aromatic N) is 4. The molecule has 1 aliphatic heterocycles. The molecule has 8 heteroatoms. The lowest BCUT2D eigenvalue weighted by Gasteiger charge is -2.29. The molecule has 1 aliphatic rings. The number of fused-ring (bicyclic) bond motifs is 1. The van der Waals surface area contributed by atoms with Gasteiger partial charge in [-0.1, -0.05) is 0 Å². The molecule has 1 fully saturated rings. The van der Waals surface area contributed by atoms with Crippen molar-refractivity contribution in [2.75, 3.05) is 38.3 Å². The Bertz CT molecular complexity index is 1290. The Morgan fingerprint density at radius 2 is 1.82 bits per heavy atom. The third-order valence-corrected chi connectivity index (χ3v) is 5.79. The zero-order valence-electron chi connectivity index (χ0n) is 18.1. The van der Waals surface area contributed by atoms with Crippen LogP contribution in [-0.2, 0) is 11.2 Å². The first-order valence-electron chi connectivity index (χ1n) is 10.7. The highest BCUT2D eigenvalue weighted by Gasteiger charge is 2.18. The Labute approximate surface area is 189 Å². The minimum atomic E-state index is -0.670. The van der Waals surface area contributed by atoms with E-state index < -0.39 is 11.6 Å². The average molecular weight is 448 g/mol. The SMILES string of the molecule is COc1ccc(Cc2cc(-c3ncnc4cc(N5CCOCC5)ccc34)c(F)cc2F)nc1. The average Bonchev–Trinajstić information content (AvgIpc) is 2.86. The molecular formula is C25H22F2N4O2. The Hall–Kier alpha value is -3.65. The molecule has 0 bridgehead atoms. The number of aromatic nitrogens is 3. The number of ether oxygens (including phenoxy) is 2. The van der Waals surface area contributed by atoms with Gasteiger partial charge in [-0.2, -0.15) is 0 Å². The van der Waals surface area contributed by atoms with Gasteiger partial charge in [-0.25, -0.2) is 18.7 Å². The molecule has 0 spiro atoms. The lowest BCUT2D eigenvalue weighted by molar-refractivity contribution is 0.122. The van der Waals surface area contributed by atoms with Crippen molar-refractivity contribution in [1.29, 1.82) is 0 Å². The normalized spacial score (nSPS) is 14.0. The number of rotatable bonds is 5. The summed E-state index contributed by atoms with van der Waals surface area (Å²) in [5.74, 6) is -0.680. The maximum Gasteiger partial charge on any atom is 0.137 e. The zero-order valence-corrected chi connectivity index (χ0v) is 18.1. The summed E-state index contributed by atoms with van der Waals surface area (Å²) in [4.78, 5) is 15.2. The van der Waals surface area contributed by atoms with E-state index in [0.717, 1.165) is 24.8 Å². The minimum Gasteiger partial charge on any atom is -0.495 e. The van der Waals surface area contributed by atoms with Gasteiger partial charge < -0.3 is 14.4 Å². The third kappa shape index (κ3) is 4.34. The monoisotopic (exact) mass is 448 g/mol. The summed E-state index contributed by atoms with van der Waals surface area (Å²) in [5.41, 5.74) is 3.37. The maximum atomic E-state index is 14.9. The van der Waals surface area contributed by atoms with Crippen LogP contribution in [0, 0.1) is 11.6 Å². The van der Waals surface area contributed by atoms with Gasteiger partial charge in [-0.05, 0) is 42.0 Å². The Balaban J connectivity index is 1.52. The number of pyridine rings is 1. The number of halogens is 2. The highest BCUT2D eigenvalue weighted by atomic mass is 19.1. The molecule has 33 heavy (non-hydrogen) atoms. The molecule has 2 aromatic heterocycles. The number of anilines is 1. The molecule has 1 saturated heterocycles. The Kier molecular flexibility index (Phi) is 5.83. The van der Waals surface area contributed by atoms with Crippen molar-refractivity contribution in [3.63, 3.8) is 0 Å². The number of benzene rings is 2. The van der Waals surface area contributed by atoms with Gasteiger partial charge in [-0.15, -0.1) is 0 Å². The van der Waals surface area contributed by atoms with Crippen LogP contribution in [0.4, 0.5) is 14.5 Å². The van der Waals surface area contributed by atoms with Crippen LogP contribution >= 0.6 is 0 Å². The lowest BCUT2D eigenvalue weighted by atomic mass is 10.00. The highest BCUT2D eigenvalue weighted by Crippen LogP contribution is 2.32. The fourth-order valence-electron chi connectivity index (χ4n) is 4.02. The van der Waals surface area contributed by atoms with Gasteiger partial charge in [0, 0.05) is 47.9 Å². The van der Waals surface area contributed by atoms with Gasteiger partial charge in [0.05, 0.1) is 37.7 Å². The van der Waals surface area contributed by atoms with Gasteiger partial charge in [0.2, 0.25) is 0 Å². The van der Waals surface area contributed by atoms with Gasteiger partial charge in [0.15, 0.2) is 0 Å². The van der Waals surface area contributed by atoms with E-state index in [0.29, 0.717) is 46.8 Å². The van der Waals surface area contributed by atoms with E-state index in [4.69, 9.17) is 9.47 Å². The van der Waals surface area contributed by atoms with Crippen molar-refractivity contribution in [3.05, 3.63) is 77.9 Å². The zero-order chi connectivity index (χ0) is 22.8. The molecule has 0 atom stereocenters. The van der Waals surface area contributed by atoms with E-state index in [1.807, 2.05) is 18.2 Å². The Morgan fingerprint density at radius 1 is 0.970 bits per heavy atom. The molecule has 0 amide bonds. The number of hydrogen-bond acceptors (Lipinski definition) is 6. The van der Waals surface area contributed by atoms with Crippen molar-refractivity contribution < 1.29 is 18.3 Å². The molecule has 0 N–H and O–H groups in total. The van der Waals surface area contributed by atoms with Crippen molar-refractivity contribution >= 4 is 16.6 Å². The quantitative estimate of drug-likeness (QED) is 0.451. The summed E-state index contributed by atoms with van der Waals surface area (Å²) in [5, 5.41) is 0.702. The first-order chi connectivity index (χ1) is 16.1. The second-order valence-electron chi connectivity index (χ2n) is 7.81. The molecule has 0 aliphatic carbocycles. The molecule has 168 valence electrons. The van der Waals surface area contributed by atoms with Crippen LogP contribution in [0.15, 0.2) is 55.0 Å². The maximum absolute atomic E-state index is 14.9. The smallest absolute Gasteiger partial charge is 0.137 e. The van der Waals surface area contributed by atoms with Crippen LogP contribution < -0.4 is 9.64 Å². The van der Waals surface area contributed by atoms with Gasteiger partial charge in [0.1, 0.15) is 23.7 Å². The van der Waals surface area contributed by atoms with Crippen LogP contribution in [0.3, 0.4) is 0 Å². The first kappa shape index (κ1) is 21.2. The predicted molar refractivity (Wildman–Crippen MR) is 122 cm³/mol. The minimum absolute atomic E-state index is 0.216. The molecule has 0 unspecified atom stereocenters. The summed E-state index contributed by atoms with van der Waals surface area (Å²) >= 11 is 0. The van der Waals surface area contributed by atoms with Crippen LogP contribution in [-0.4, -0.2) is 48.4 Å². The van der Waals surface area contributed by atoms with Gasteiger partial charge in [-0.3, -0.25) is 4.98 Å². The Morgan fingerprint density at radius 3 is 2.58 bits per heavy atom.